The van der Waals surface area contributed by atoms with Crippen LogP contribution in [0.2, 0.25) is 0 Å². The Bertz CT molecular complexity index is 896. The lowest BCUT2D eigenvalue weighted by molar-refractivity contribution is -0.132. The maximum Gasteiger partial charge on any atom is 0.308 e. The summed E-state index contributed by atoms with van der Waals surface area (Å²) >= 11 is 0. The predicted molar refractivity (Wildman–Crippen MR) is 96.6 cm³/mol. The number of nitriles is 2. The monoisotopic (exact) mass is 382 g/mol. The van der Waals surface area contributed by atoms with Crippen LogP contribution in [-0.4, -0.2) is 22.2 Å². The Kier molecular flexibility index (Phi) is 8.84. The quantitative estimate of drug-likeness (QED) is 0.466. The molecule has 2 unspecified atom stereocenters. The molecule has 2 N–H and O–H groups in total. The van der Waals surface area contributed by atoms with Crippen molar-refractivity contribution in [3.05, 3.63) is 59.7 Å². The van der Waals surface area contributed by atoms with Crippen LogP contribution in [-0.2, 0) is 9.59 Å². The van der Waals surface area contributed by atoms with Crippen molar-refractivity contribution in [1.29, 1.82) is 10.5 Å². The molecule has 0 bridgehead atoms. The molecule has 144 valence electrons. The summed E-state index contributed by atoms with van der Waals surface area (Å²) in [5.41, 5.74) is 0.884. The van der Waals surface area contributed by atoms with Gasteiger partial charge in [0.15, 0.2) is 12.2 Å². The maximum absolute atomic E-state index is 10.6. The van der Waals surface area contributed by atoms with Gasteiger partial charge in [0.05, 0.1) is 12.1 Å². The molecule has 2 aromatic rings. The zero-order valence-electron chi connectivity index (χ0n) is 15.2. The highest BCUT2D eigenvalue weighted by molar-refractivity contribution is 5.69. The van der Waals surface area contributed by atoms with Crippen molar-refractivity contribution in [1.82, 2.24) is 0 Å². The van der Waals surface area contributed by atoms with Crippen molar-refractivity contribution in [3.63, 3.8) is 0 Å². The number of benzene rings is 2. The van der Waals surface area contributed by atoms with Crippen LogP contribution in [0, 0.1) is 22.7 Å². The standard InChI is InChI=1S/2C10H9NO3/c1-7(12)14-9-4-2-8(3-5-9)10(13)6-11;1-7(12)14-9-4-2-3-8(5-9)10(13)6-11/h2*2-5,10,13H,1H3. The molecule has 28 heavy (non-hydrogen) atoms. The summed E-state index contributed by atoms with van der Waals surface area (Å²) in [6, 6.07) is 15.7. The summed E-state index contributed by atoms with van der Waals surface area (Å²) in [5, 5.41) is 35.2. The number of hydrogen-bond acceptors (Lipinski definition) is 8. The molecule has 0 amide bonds. The number of aliphatic hydroxyl groups excluding tert-OH is 2. The van der Waals surface area contributed by atoms with Crippen LogP contribution in [0.25, 0.3) is 0 Å². The van der Waals surface area contributed by atoms with Gasteiger partial charge in [0.25, 0.3) is 0 Å². The minimum atomic E-state index is -1.19. The molecule has 2 rings (SSSR count). The van der Waals surface area contributed by atoms with E-state index in [4.69, 9.17) is 25.1 Å². The lowest BCUT2D eigenvalue weighted by Gasteiger charge is -2.04. The molecule has 8 nitrogen and oxygen atoms in total. The first-order chi connectivity index (χ1) is 13.3. The van der Waals surface area contributed by atoms with E-state index in [2.05, 4.69) is 0 Å². The van der Waals surface area contributed by atoms with Crippen molar-refractivity contribution < 1.29 is 29.3 Å². The van der Waals surface area contributed by atoms with E-state index >= 15 is 0 Å². The smallest absolute Gasteiger partial charge is 0.308 e. The van der Waals surface area contributed by atoms with Gasteiger partial charge < -0.3 is 19.7 Å². The van der Waals surface area contributed by atoms with E-state index in [1.807, 2.05) is 0 Å². The van der Waals surface area contributed by atoms with E-state index in [-0.39, 0.29) is 0 Å². The molecule has 0 saturated heterocycles. The first-order valence-corrected chi connectivity index (χ1v) is 7.99. The van der Waals surface area contributed by atoms with Gasteiger partial charge in [-0.05, 0) is 35.4 Å². The Morgan fingerprint density at radius 2 is 1.32 bits per heavy atom. The average Bonchev–Trinajstić information content (AvgIpc) is 2.67. The van der Waals surface area contributed by atoms with E-state index in [0.717, 1.165) is 0 Å². The molecule has 0 aliphatic carbocycles. The van der Waals surface area contributed by atoms with Gasteiger partial charge in [0.1, 0.15) is 11.5 Å². The summed E-state index contributed by atoms with van der Waals surface area (Å²) in [5.74, 6) is -0.122. The van der Waals surface area contributed by atoms with Gasteiger partial charge in [-0.15, -0.1) is 0 Å². The lowest BCUT2D eigenvalue weighted by Crippen LogP contribution is -2.02. The van der Waals surface area contributed by atoms with Gasteiger partial charge in [-0.25, -0.2) is 0 Å². The van der Waals surface area contributed by atoms with Crippen LogP contribution >= 0.6 is 0 Å². The fourth-order valence-corrected chi connectivity index (χ4v) is 1.95. The summed E-state index contributed by atoms with van der Waals surface area (Å²) in [7, 11) is 0. The van der Waals surface area contributed by atoms with Crippen LogP contribution in [0.15, 0.2) is 48.5 Å². The second-order valence-electron chi connectivity index (χ2n) is 5.39. The lowest BCUT2D eigenvalue weighted by atomic mass is 10.1. The van der Waals surface area contributed by atoms with Gasteiger partial charge >= 0.3 is 11.9 Å². The highest BCUT2D eigenvalue weighted by Crippen LogP contribution is 2.19. The average molecular weight is 382 g/mol. The number of nitrogens with zero attached hydrogens (tertiary/aromatic N) is 2. The van der Waals surface area contributed by atoms with E-state index in [1.165, 1.54) is 44.2 Å². The number of carbonyl (C=O) groups excluding carboxylic acids is 2. The van der Waals surface area contributed by atoms with Crippen molar-refractivity contribution in [2.24, 2.45) is 0 Å². The van der Waals surface area contributed by atoms with E-state index in [1.54, 1.807) is 30.3 Å². The van der Waals surface area contributed by atoms with Crippen molar-refractivity contribution in [2.45, 2.75) is 26.1 Å². The predicted octanol–water partition coefficient (Wildman–Crippen LogP) is 2.34. The highest BCUT2D eigenvalue weighted by Gasteiger charge is 2.07. The van der Waals surface area contributed by atoms with E-state index in [0.29, 0.717) is 22.6 Å². The molecule has 0 saturated carbocycles. The fourth-order valence-electron chi connectivity index (χ4n) is 1.95. The largest absolute Gasteiger partial charge is 0.427 e. The Hall–Kier alpha value is -3.72. The molecule has 0 radical (unpaired) electrons. The molecule has 2 aromatic carbocycles. The second kappa shape index (κ2) is 11.1. The van der Waals surface area contributed by atoms with Gasteiger partial charge in [-0.3, -0.25) is 9.59 Å². The van der Waals surface area contributed by atoms with Crippen molar-refractivity contribution in [3.8, 4) is 23.6 Å². The van der Waals surface area contributed by atoms with E-state index in [9.17, 15) is 14.7 Å². The molecule has 0 aliphatic heterocycles. The van der Waals surface area contributed by atoms with Crippen LogP contribution in [0.1, 0.15) is 37.2 Å². The topological polar surface area (TPSA) is 141 Å². The summed E-state index contributed by atoms with van der Waals surface area (Å²) in [4.78, 5) is 21.2. The van der Waals surface area contributed by atoms with Gasteiger partial charge in [0.2, 0.25) is 0 Å². The first kappa shape index (κ1) is 22.3. The summed E-state index contributed by atoms with van der Waals surface area (Å²) in [6.07, 6.45) is -2.33. The zero-order chi connectivity index (χ0) is 21.1. The third kappa shape index (κ3) is 7.67. The number of aliphatic hydroxyl groups is 2. The van der Waals surface area contributed by atoms with Crippen molar-refractivity contribution >= 4 is 11.9 Å². The number of esters is 2. The molecular formula is C20H18N2O6. The zero-order valence-corrected chi connectivity index (χ0v) is 15.2. The van der Waals surface area contributed by atoms with Crippen LogP contribution in [0.4, 0.5) is 0 Å². The molecule has 0 fully saturated rings. The molecule has 0 heterocycles. The normalized spacial score (nSPS) is 11.5. The Morgan fingerprint density at radius 3 is 1.82 bits per heavy atom. The van der Waals surface area contributed by atoms with Crippen LogP contribution in [0.5, 0.6) is 11.5 Å². The number of hydrogen-bond donors (Lipinski definition) is 2. The summed E-state index contributed by atoms with van der Waals surface area (Å²) < 4.78 is 9.57. The van der Waals surface area contributed by atoms with Gasteiger partial charge in [0, 0.05) is 13.8 Å². The van der Waals surface area contributed by atoms with Crippen LogP contribution in [0.3, 0.4) is 0 Å². The molecule has 0 aromatic heterocycles. The summed E-state index contributed by atoms with van der Waals surface area (Å²) in [6.45, 7) is 2.59. The number of ether oxygens (including phenoxy) is 2. The van der Waals surface area contributed by atoms with Gasteiger partial charge in [-0.2, -0.15) is 10.5 Å². The van der Waals surface area contributed by atoms with Crippen molar-refractivity contribution in [2.75, 3.05) is 0 Å². The van der Waals surface area contributed by atoms with Crippen LogP contribution < -0.4 is 9.47 Å². The Morgan fingerprint density at radius 1 is 0.821 bits per heavy atom. The second-order valence-corrected chi connectivity index (χ2v) is 5.39. The minimum absolute atomic E-state index is 0.323. The molecule has 0 spiro atoms. The number of carbonyl (C=O) groups is 2. The fraction of sp³-hybridized carbons (Fsp3) is 0.200. The minimum Gasteiger partial charge on any atom is -0.427 e. The van der Waals surface area contributed by atoms with E-state index < -0.39 is 24.1 Å². The highest BCUT2D eigenvalue weighted by atomic mass is 16.5. The first-order valence-electron chi connectivity index (χ1n) is 7.99. The molecular weight excluding hydrogens is 364 g/mol. The Labute approximate surface area is 161 Å². The number of rotatable bonds is 4. The third-order valence-electron chi connectivity index (χ3n) is 3.14. The SMILES string of the molecule is CC(=O)Oc1ccc(C(O)C#N)cc1.CC(=O)Oc1cccc(C(O)C#N)c1. The molecule has 8 heteroatoms. The molecule has 2 atom stereocenters. The van der Waals surface area contributed by atoms with Gasteiger partial charge in [-0.1, -0.05) is 24.3 Å². The maximum atomic E-state index is 10.6. The molecule has 0 aliphatic rings. The Balaban J connectivity index is 0.000000280. The third-order valence-corrected chi connectivity index (χ3v) is 3.14.